The van der Waals surface area contributed by atoms with Gasteiger partial charge in [-0.1, -0.05) is 98.9 Å². The first-order chi connectivity index (χ1) is 38.4. The van der Waals surface area contributed by atoms with Crippen LogP contribution in [0.25, 0.3) is 0 Å². The van der Waals surface area contributed by atoms with Crippen LogP contribution < -0.4 is 11.1 Å². The molecule has 13 N–H and O–H groups in total. The van der Waals surface area contributed by atoms with E-state index in [0.29, 0.717) is 12.0 Å². The summed E-state index contributed by atoms with van der Waals surface area (Å²) in [5.41, 5.74) is 7.39. The number of ether oxygens (including phenoxy) is 5. The van der Waals surface area contributed by atoms with E-state index >= 15 is 0 Å². The molecule has 2 saturated heterocycles. The molecule has 3 aliphatic rings. The number of nitrogens with two attached hydrogens (primary N) is 1. The second-order valence-electron chi connectivity index (χ2n) is 21.6. The fourth-order valence-corrected chi connectivity index (χ4v) is 10.2. The Morgan fingerprint density at radius 1 is 0.728 bits per heavy atom. The van der Waals surface area contributed by atoms with E-state index in [1.165, 1.54) is 0 Å². The van der Waals surface area contributed by atoms with E-state index in [2.05, 4.69) is 5.32 Å². The maximum atomic E-state index is 13.3. The normalized spacial score (nSPS) is 37.7. The molecule has 0 aliphatic carbocycles. The van der Waals surface area contributed by atoms with Gasteiger partial charge in [0.05, 0.1) is 86.7 Å². The topological polar surface area (TPSA) is 355 Å². The molecule has 0 saturated carbocycles. The van der Waals surface area contributed by atoms with Crippen LogP contribution in [0.15, 0.2) is 109 Å². The van der Waals surface area contributed by atoms with Crippen LogP contribution in [-0.4, -0.2) is 186 Å². The number of carbonyl (C=O) groups excluding carboxylic acids is 4. The number of esters is 2. The fourth-order valence-electron chi connectivity index (χ4n) is 10.2. The van der Waals surface area contributed by atoms with Crippen LogP contribution in [0.2, 0.25) is 0 Å². The number of hydrogen-bond acceptors (Lipinski definition) is 21. The summed E-state index contributed by atoms with van der Waals surface area (Å²) in [4.78, 5) is 52.4. The minimum atomic E-state index is -2.29. The number of anilines is 1. The highest BCUT2D eigenvalue weighted by atomic mass is 16.7. The summed E-state index contributed by atoms with van der Waals surface area (Å²) in [5.74, 6) is -6.85. The SMILES string of the molecule is CNc1ccc(C(=O)CC(O)CCC(C)C2OC(=O)CC(O)CC(=O)CC(O)CC(O)CC(O)CC(O)CC3(O)CC(O)C(C(=O)OC)C(CC(O[C@@H]4O[C@H](C)[C@@H](O)[C@H](N)[C@@H]4O)/C=C/C=C/C=C/C=C/C=C/C=C\C=C/C2C)O3)cc1. The molecule has 0 radical (unpaired) electrons. The van der Waals surface area contributed by atoms with Gasteiger partial charge in [-0.3, -0.25) is 19.2 Å². The van der Waals surface area contributed by atoms with Crippen molar-refractivity contribution in [3.8, 4) is 0 Å². The maximum absolute atomic E-state index is 13.3. The average Bonchev–Trinajstić information content (AvgIpc) is 3.43. The zero-order valence-corrected chi connectivity index (χ0v) is 47.0. The van der Waals surface area contributed by atoms with Crippen molar-refractivity contribution >= 4 is 29.2 Å². The first kappa shape index (κ1) is 68.4. The van der Waals surface area contributed by atoms with Crippen LogP contribution in [0.3, 0.4) is 0 Å². The Labute approximate surface area is 474 Å². The van der Waals surface area contributed by atoms with Gasteiger partial charge >= 0.3 is 11.9 Å². The van der Waals surface area contributed by atoms with E-state index in [0.717, 1.165) is 12.8 Å². The Morgan fingerprint density at radius 3 is 1.88 bits per heavy atom. The molecule has 452 valence electrons. The highest BCUT2D eigenvalue weighted by Gasteiger charge is 2.51. The molecular weight excluding hydrogens is 1050 g/mol. The number of rotatable bonds is 11. The summed E-state index contributed by atoms with van der Waals surface area (Å²) >= 11 is 0. The molecule has 0 amide bonds. The van der Waals surface area contributed by atoms with Gasteiger partial charge in [0.1, 0.15) is 23.9 Å². The molecule has 14 unspecified atom stereocenters. The third-order valence-corrected chi connectivity index (χ3v) is 14.6. The van der Waals surface area contributed by atoms with Crippen LogP contribution in [0, 0.1) is 17.8 Å². The Kier molecular flexibility index (Phi) is 29.1. The van der Waals surface area contributed by atoms with Gasteiger partial charge in [-0.2, -0.15) is 0 Å². The number of nitrogens with one attached hydrogen (secondary N) is 1. The molecule has 0 aromatic heterocycles. The van der Waals surface area contributed by atoms with Crippen LogP contribution >= 0.6 is 0 Å². The number of aliphatic hydroxyl groups excluding tert-OH is 9. The largest absolute Gasteiger partial charge is 0.469 e. The minimum absolute atomic E-state index is 0.103. The number of carbonyl (C=O) groups is 4. The number of fused-ring (bicyclic) bond motifs is 2. The van der Waals surface area contributed by atoms with E-state index in [-0.39, 0.29) is 49.7 Å². The molecule has 2 bridgehead atoms. The zero-order chi connectivity index (χ0) is 59.8. The lowest BCUT2D eigenvalue weighted by Crippen LogP contribution is -2.61. The van der Waals surface area contributed by atoms with Crippen molar-refractivity contribution in [1.29, 1.82) is 0 Å². The van der Waals surface area contributed by atoms with Crippen molar-refractivity contribution < 1.29 is 93.9 Å². The molecule has 3 aliphatic heterocycles. The quantitative estimate of drug-likeness (QED) is 0.112. The predicted octanol–water partition coefficient (Wildman–Crippen LogP) is 2.83. The average molecular weight is 1140 g/mol. The molecule has 3 heterocycles. The lowest BCUT2D eigenvalue weighted by Gasteiger charge is -2.45. The summed E-state index contributed by atoms with van der Waals surface area (Å²) in [5, 5.41) is 113. The van der Waals surface area contributed by atoms with E-state index < -0.39 is 160 Å². The standard InChI is InChI=1S/C60H88N2O19/c1-36-18-16-14-12-10-8-6-7-9-11-13-15-17-19-48(79-59-56(74)54(61)55(73)38(3)78-59)33-51-53(58(75)77-5)50(71)35-60(76,81-51)34-47(69)30-45(67)28-43(65)26-42(64)27-44(66)29-46(68)32-52(72)80-57(36)37(2)20-25-41(63)31-49(70)39-21-23-40(62-4)24-22-39/h6-19,21-24,36-38,41-43,45-48,50-51,53-57,59,62-65,67-69,71,73-74,76H,20,25-35,61H2,1-5H3/b7-6+,10-8+,11-9+,14-12-,15-13+,18-16-,19-17+/t36?,37?,38-,41?,42?,43?,45?,46?,47?,48?,50?,51?,53?,54+,55-,56+,57?,59+,60?/m1/s1. The monoisotopic (exact) mass is 1140 g/mol. The third-order valence-electron chi connectivity index (χ3n) is 14.6. The Bertz CT molecular complexity index is 2320. The van der Waals surface area contributed by atoms with Gasteiger partial charge in [-0.25, -0.2) is 0 Å². The molecule has 4 rings (SSSR count). The molecular formula is C60H88N2O19. The molecule has 0 spiro atoms. The van der Waals surface area contributed by atoms with E-state index in [1.807, 2.05) is 19.9 Å². The molecule has 81 heavy (non-hydrogen) atoms. The second kappa shape index (κ2) is 34.5. The van der Waals surface area contributed by atoms with E-state index in [4.69, 9.17) is 29.4 Å². The molecule has 21 heteroatoms. The summed E-state index contributed by atoms with van der Waals surface area (Å²) in [6.07, 6.45) is 2.92. The smallest absolute Gasteiger partial charge is 0.313 e. The molecule has 1 aromatic carbocycles. The number of hydrogen-bond donors (Lipinski definition) is 12. The third kappa shape index (κ3) is 23.6. The first-order valence-electron chi connectivity index (χ1n) is 27.8. The van der Waals surface area contributed by atoms with E-state index in [1.54, 1.807) is 117 Å². The van der Waals surface area contributed by atoms with Crippen molar-refractivity contribution in [2.75, 3.05) is 19.5 Å². The second-order valence-corrected chi connectivity index (χ2v) is 21.6. The number of Topliss-reactive ketones (excluding diaryl/α,β-unsaturated/α-hetero) is 2. The van der Waals surface area contributed by atoms with Crippen molar-refractivity contribution in [2.24, 2.45) is 23.5 Å². The molecule has 21 nitrogen and oxygen atoms in total. The van der Waals surface area contributed by atoms with Crippen molar-refractivity contribution in [3.63, 3.8) is 0 Å². The maximum Gasteiger partial charge on any atom is 0.313 e. The number of ketones is 2. The lowest BCUT2D eigenvalue weighted by atomic mass is 9.82. The number of aliphatic hydroxyl groups is 10. The molecule has 1 aromatic rings. The lowest BCUT2D eigenvalue weighted by molar-refractivity contribution is -0.308. The summed E-state index contributed by atoms with van der Waals surface area (Å²) < 4.78 is 28.9. The van der Waals surface area contributed by atoms with Crippen LogP contribution in [0.5, 0.6) is 0 Å². The first-order valence-corrected chi connectivity index (χ1v) is 27.8. The summed E-state index contributed by atoms with van der Waals surface area (Å²) in [6, 6.07) is 5.77. The van der Waals surface area contributed by atoms with Gasteiger partial charge in [0.2, 0.25) is 0 Å². The van der Waals surface area contributed by atoms with Gasteiger partial charge in [0.15, 0.2) is 17.9 Å². The number of benzene rings is 1. The predicted molar refractivity (Wildman–Crippen MR) is 299 cm³/mol. The highest BCUT2D eigenvalue weighted by molar-refractivity contribution is 5.96. The van der Waals surface area contributed by atoms with Crippen molar-refractivity contribution in [1.82, 2.24) is 0 Å². The van der Waals surface area contributed by atoms with Crippen molar-refractivity contribution in [2.45, 2.75) is 195 Å². The van der Waals surface area contributed by atoms with Gasteiger partial charge in [-0.15, -0.1) is 0 Å². The van der Waals surface area contributed by atoms with Crippen LogP contribution in [0.1, 0.15) is 108 Å². The number of allylic oxidation sites excluding steroid dienone is 12. The minimum Gasteiger partial charge on any atom is -0.469 e. The summed E-state index contributed by atoms with van der Waals surface area (Å²) in [6.45, 7) is 5.25. The highest BCUT2D eigenvalue weighted by Crippen LogP contribution is 2.39. The van der Waals surface area contributed by atoms with Gasteiger partial charge < -0.3 is 85.8 Å². The molecule has 2 fully saturated rings. The van der Waals surface area contributed by atoms with E-state index in [9.17, 15) is 70.2 Å². The fraction of sp³-hybridized carbons (Fsp3) is 0.600. The Balaban J connectivity index is 1.55. The van der Waals surface area contributed by atoms with Gasteiger partial charge in [-0.05, 0) is 69.2 Å². The number of methoxy groups -OCH3 is 1. The summed E-state index contributed by atoms with van der Waals surface area (Å²) in [7, 11) is 2.88. The Morgan fingerprint density at radius 2 is 1.28 bits per heavy atom. The Hall–Kier alpha value is -5.08. The zero-order valence-electron chi connectivity index (χ0n) is 47.0. The van der Waals surface area contributed by atoms with Gasteiger partial charge in [0, 0.05) is 62.7 Å². The number of cyclic esters (lactones) is 1. The van der Waals surface area contributed by atoms with Crippen LogP contribution in [0.4, 0.5) is 5.69 Å². The molecule has 19 atom stereocenters. The van der Waals surface area contributed by atoms with Gasteiger partial charge in [0.25, 0.3) is 0 Å². The van der Waals surface area contributed by atoms with Crippen molar-refractivity contribution in [3.05, 3.63) is 115 Å². The van der Waals surface area contributed by atoms with Crippen LogP contribution in [-0.2, 0) is 38.1 Å².